The van der Waals surface area contributed by atoms with E-state index in [0.29, 0.717) is 5.69 Å². The lowest BCUT2D eigenvalue weighted by atomic mass is 10.1. The average Bonchev–Trinajstić information content (AvgIpc) is 2.30. The van der Waals surface area contributed by atoms with Gasteiger partial charge in [-0.3, -0.25) is 14.6 Å². The zero-order chi connectivity index (χ0) is 15.3. The van der Waals surface area contributed by atoms with Crippen molar-refractivity contribution in [3.8, 4) is 0 Å². The normalized spacial score (nSPS) is 7.42. The number of anilines is 1. The maximum atomic E-state index is 11.3. The van der Waals surface area contributed by atoms with Crippen LogP contribution in [0.15, 0.2) is 31.5 Å². The van der Waals surface area contributed by atoms with Gasteiger partial charge in [0.1, 0.15) is 23.4 Å². The number of carbonyl (C=O) groups excluding carboxylic acids is 4. The van der Waals surface area contributed by atoms with Gasteiger partial charge >= 0.3 is 0 Å². The SMILES string of the molecule is C=C=O.C=C=O.CC(=O)CC(=O)c1ncccc1N. The van der Waals surface area contributed by atoms with Crippen LogP contribution in [-0.2, 0) is 14.4 Å². The molecule has 0 aliphatic carbocycles. The molecule has 0 aliphatic heterocycles. The second-order valence-corrected chi connectivity index (χ2v) is 3.03. The Morgan fingerprint density at radius 3 is 2.16 bits per heavy atom. The number of nitrogens with two attached hydrogens (primary N) is 1. The van der Waals surface area contributed by atoms with Crippen molar-refractivity contribution in [3.63, 3.8) is 0 Å². The number of hydrogen-bond donors (Lipinski definition) is 1. The largest absolute Gasteiger partial charge is 0.397 e. The van der Waals surface area contributed by atoms with Crippen LogP contribution in [0.3, 0.4) is 0 Å². The highest BCUT2D eigenvalue weighted by Crippen LogP contribution is 2.09. The number of nitrogen functional groups attached to an aromatic ring is 1. The van der Waals surface area contributed by atoms with Crippen molar-refractivity contribution in [1.29, 1.82) is 0 Å². The van der Waals surface area contributed by atoms with Gasteiger partial charge in [-0.05, 0) is 32.2 Å². The quantitative estimate of drug-likeness (QED) is 0.491. The third-order valence-electron chi connectivity index (χ3n) is 1.51. The summed E-state index contributed by atoms with van der Waals surface area (Å²) in [4.78, 5) is 42.9. The molecule has 100 valence electrons. The van der Waals surface area contributed by atoms with Gasteiger partial charge in [0.05, 0.1) is 12.1 Å². The van der Waals surface area contributed by atoms with E-state index >= 15 is 0 Å². The number of carbonyl (C=O) groups is 2. The van der Waals surface area contributed by atoms with Gasteiger partial charge in [0.15, 0.2) is 5.78 Å². The molecule has 0 radical (unpaired) electrons. The maximum Gasteiger partial charge on any atom is 0.190 e. The molecule has 0 bridgehead atoms. The predicted molar refractivity (Wildman–Crippen MR) is 70.9 cm³/mol. The molecule has 1 heterocycles. The summed E-state index contributed by atoms with van der Waals surface area (Å²) < 4.78 is 0. The summed E-state index contributed by atoms with van der Waals surface area (Å²) in [5, 5.41) is 0. The number of aromatic nitrogens is 1. The first kappa shape index (κ1) is 18.6. The number of hydrogen-bond acceptors (Lipinski definition) is 6. The van der Waals surface area contributed by atoms with Crippen molar-refractivity contribution in [2.45, 2.75) is 13.3 Å². The standard InChI is InChI=1S/C9H10N2O2.2C2H2O/c1-6(12)5-8(13)9-7(10)3-2-4-11-9;2*1-2-3/h2-4H,5,10H2,1H3;2*1H2. The van der Waals surface area contributed by atoms with E-state index < -0.39 is 0 Å². The Bertz CT molecular complexity index is 485. The summed E-state index contributed by atoms with van der Waals surface area (Å²) in [6.07, 6.45) is 1.34. The minimum absolute atomic E-state index is 0.138. The highest BCUT2D eigenvalue weighted by Gasteiger charge is 2.12. The first-order valence-electron chi connectivity index (χ1n) is 4.96. The fraction of sp³-hybridized carbons (Fsp3) is 0.154. The smallest absolute Gasteiger partial charge is 0.190 e. The molecule has 0 aromatic carbocycles. The van der Waals surface area contributed by atoms with Crippen LogP contribution in [-0.4, -0.2) is 28.4 Å². The molecule has 2 N–H and O–H groups in total. The van der Waals surface area contributed by atoms with Gasteiger partial charge in [-0.2, -0.15) is 0 Å². The van der Waals surface area contributed by atoms with Crippen molar-refractivity contribution in [2.75, 3.05) is 5.73 Å². The van der Waals surface area contributed by atoms with Crippen LogP contribution in [0.1, 0.15) is 23.8 Å². The van der Waals surface area contributed by atoms with Crippen LogP contribution < -0.4 is 5.73 Å². The molecule has 0 saturated carbocycles. The molecule has 1 aromatic heterocycles. The molecule has 0 fully saturated rings. The minimum atomic E-state index is -0.328. The second kappa shape index (κ2) is 11.7. The fourth-order valence-corrected chi connectivity index (χ4v) is 0.961. The Labute approximate surface area is 110 Å². The zero-order valence-electron chi connectivity index (χ0n) is 10.5. The molecule has 6 nitrogen and oxygen atoms in total. The maximum absolute atomic E-state index is 11.3. The van der Waals surface area contributed by atoms with Crippen molar-refractivity contribution >= 4 is 29.1 Å². The van der Waals surface area contributed by atoms with E-state index in [9.17, 15) is 9.59 Å². The molecule has 0 spiro atoms. The van der Waals surface area contributed by atoms with E-state index in [2.05, 4.69) is 18.1 Å². The molecule has 1 aromatic rings. The molecule has 0 aliphatic rings. The van der Waals surface area contributed by atoms with Crippen molar-refractivity contribution in [3.05, 3.63) is 37.2 Å². The lowest BCUT2D eigenvalue weighted by molar-refractivity contribution is -0.116. The molecule has 19 heavy (non-hydrogen) atoms. The highest BCUT2D eigenvalue weighted by molar-refractivity contribution is 6.08. The van der Waals surface area contributed by atoms with Crippen molar-refractivity contribution in [1.82, 2.24) is 4.98 Å². The molecule has 0 saturated heterocycles. The van der Waals surface area contributed by atoms with Gasteiger partial charge in [-0.15, -0.1) is 0 Å². The number of nitrogens with zero attached hydrogens (tertiary/aromatic N) is 1. The molecular weight excluding hydrogens is 248 g/mol. The minimum Gasteiger partial charge on any atom is -0.397 e. The average molecular weight is 262 g/mol. The molecule has 6 heteroatoms. The summed E-state index contributed by atoms with van der Waals surface area (Å²) in [5.74, 6) is 1.99. The van der Waals surface area contributed by atoms with E-state index in [4.69, 9.17) is 15.3 Å². The summed E-state index contributed by atoms with van der Waals surface area (Å²) in [5.41, 5.74) is 5.99. The Kier molecular flexibility index (Phi) is 11.4. The zero-order valence-corrected chi connectivity index (χ0v) is 10.5. The lowest BCUT2D eigenvalue weighted by Gasteiger charge is -2.00. The molecule has 0 atom stereocenters. The third-order valence-corrected chi connectivity index (χ3v) is 1.51. The van der Waals surface area contributed by atoms with Gasteiger partial charge in [0.2, 0.25) is 0 Å². The number of Topliss-reactive ketones (excluding diaryl/α,β-unsaturated/α-hetero) is 2. The highest BCUT2D eigenvalue weighted by atomic mass is 16.1. The molecule has 0 amide bonds. The third kappa shape index (κ3) is 10.1. The van der Waals surface area contributed by atoms with Crippen LogP contribution in [0.5, 0.6) is 0 Å². The van der Waals surface area contributed by atoms with Gasteiger partial charge in [0, 0.05) is 6.20 Å². The van der Waals surface area contributed by atoms with Crippen LogP contribution in [0.25, 0.3) is 0 Å². The van der Waals surface area contributed by atoms with Crippen LogP contribution in [0.4, 0.5) is 5.69 Å². The first-order valence-corrected chi connectivity index (χ1v) is 4.96. The summed E-state index contributed by atoms with van der Waals surface area (Å²) in [6, 6.07) is 3.22. The second-order valence-electron chi connectivity index (χ2n) is 3.03. The fourth-order valence-electron chi connectivity index (χ4n) is 0.961. The number of ketones is 2. The Morgan fingerprint density at radius 1 is 1.32 bits per heavy atom. The first-order chi connectivity index (χ1) is 8.94. The van der Waals surface area contributed by atoms with E-state index in [1.807, 2.05) is 0 Å². The predicted octanol–water partition coefficient (Wildman–Crippen LogP) is 0.834. The van der Waals surface area contributed by atoms with E-state index in [-0.39, 0.29) is 23.7 Å². The monoisotopic (exact) mass is 262 g/mol. The summed E-state index contributed by atoms with van der Waals surface area (Å²) in [7, 11) is 0. The number of rotatable bonds is 3. The Balaban J connectivity index is 0. The lowest BCUT2D eigenvalue weighted by Crippen LogP contribution is -2.09. The summed E-state index contributed by atoms with van der Waals surface area (Å²) in [6.45, 7) is 6.72. The molecule has 1 rings (SSSR count). The van der Waals surface area contributed by atoms with E-state index in [1.165, 1.54) is 25.0 Å². The summed E-state index contributed by atoms with van der Waals surface area (Å²) >= 11 is 0. The van der Waals surface area contributed by atoms with Crippen LogP contribution in [0.2, 0.25) is 0 Å². The number of pyridine rings is 1. The van der Waals surface area contributed by atoms with Crippen molar-refractivity contribution in [2.24, 2.45) is 0 Å². The van der Waals surface area contributed by atoms with Crippen LogP contribution in [0, 0.1) is 0 Å². The van der Waals surface area contributed by atoms with Gasteiger partial charge in [0.25, 0.3) is 0 Å². The Hall–Kier alpha value is -2.81. The van der Waals surface area contributed by atoms with Gasteiger partial charge in [-0.1, -0.05) is 0 Å². The van der Waals surface area contributed by atoms with Crippen LogP contribution >= 0.6 is 0 Å². The van der Waals surface area contributed by atoms with Crippen molar-refractivity contribution < 1.29 is 19.2 Å². The van der Waals surface area contributed by atoms with Gasteiger partial charge < -0.3 is 5.73 Å². The van der Waals surface area contributed by atoms with E-state index in [1.54, 1.807) is 12.1 Å². The topological polar surface area (TPSA) is 107 Å². The Morgan fingerprint density at radius 2 is 1.79 bits per heavy atom. The molecular formula is C13H14N2O4. The molecule has 0 unspecified atom stereocenters. The van der Waals surface area contributed by atoms with Gasteiger partial charge in [-0.25, -0.2) is 9.59 Å². The van der Waals surface area contributed by atoms with E-state index in [0.717, 1.165) is 0 Å².